The van der Waals surface area contributed by atoms with Gasteiger partial charge < -0.3 is 10.1 Å². The van der Waals surface area contributed by atoms with Gasteiger partial charge >= 0.3 is 0 Å². The number of aryl methyl sites for hydroxylation is 1. The van der Waals surface area contributed by atoms with Crippen molar-refractivity contribution in [3.63, 3.8) is 0 Å². The lowest BCUT2D eigenvalue weighted by atomic mass is 10.2. The summed E-state index contributed by atoms with van der Waals surface area (Å²) < 4.78 is 19.7. The summed E-state index contributed by atoms with van der Waals surface area (Å²) in [6.45, 7) is 4.53. The lowest BCUT2D eigenvalue weighted by molar-refractivity contribution is 0.453. The van der Waals surface area contributed by atoms with Crippen LogP contribution < -0.4 is 10.1 Å². The fourth-order valence-electron chi connectivity index (χ4n) is 1.49. The summed E-state index contributed by atoms with van der Waals surface area (Å²) in [6.07, 6.45) is 2.57. The van der Waals surface area contributed by atoms with Gasteiger partial charge in [-0.15, -0.1) is 0 Å². The van der Waals surface area contributed by atoms with E-state index in [4.69, 9.17) is 4.74 Å². The predicted molar refractivity (Wildman–Crippen MR) is 79.7 cm³/mol. The van der Waals surface area contributed by atoms with Gasteiger partial charge in [-0.25, -0.2) is 9.37 Å². The average Bonchev–Trinajstić information content (AvgIpc) is 2.44. The number of rotatable bonds is 5. The number of nitrogens with zero attached hydrogens (tertiary/aromatic N) is 2. The van der Waals surface area contributed by atoms with E-state index >= 15 is 0 Å². The van der Waals surface area contributed by atoms with E-state index in [1.54, 1.807) is 25.3 Å². The van der Waals surface area contributed by atoms with E-state index in [0.717, 1.165) is 13.0 Å². The molecule has 6 heteroatoms. The maximum atomic E-state index is 13.5. The Hall–Kier alpha value is -1.69. The number of anilines is 1. The third-order valence-electron chi connectivity index (χ3n) is 2.60. The van der Waals surface area contributed by atoms with Gasteiger partial charge in [0, 0.05) is 12.6 Å². The topological polar surface area (TPSA) is 47.0 Å². The number of nitrogens with one attached hydrogen (secondary N) is 1. The lowest BCUT2D eigenvalue weighted by Gasteiger charge is -2.09. The zero-order chi connectivity index (χ0) is 14.5. The van der Waals surface area contributed by atoms with Gasteiger partial charge in [-0.3, -0.25) is 0 Å². The molecule has 1 N–H and O–H groups in total. The molecule has 0 aliphatic carbocycles. The molecule has 0 saturated heterocycles. The highest BCUT2D eigenvalue weighted by Gasteiger charge is 2.08. The molecule has 1 aromatic heterocycles. The molecule has 20 heavy (non-hydrogen) atoms. The van der Waals surface area contributed by atoms with Crippen molar-refractivity contribution >= 4 is 21.9 Å². The maximum absolute atomic E-state index is 13.5. The van der Waals surface area contributed by atoms with Gasteiger partial charge in [-0.2, -0.15) is 4.98 Å². The van der Waals surface area contributed by atoms with Gasteiger partial charge in [-0.05, 0) is 40.9 Å². The molecule has 2 rings (SSSR count). The SMILES string of the molecule is CCCNc1ncc(Br)c(Oc2ccc(C)c(F)c2)n1. The van der Waals surface area contributed by atoms with Crippen LogP contribution in [0.25, 0.3) is 0 Å². The highest BCUT2D eigenvalue weighted by Crippen LogP contribution is 2.28. The third kappa shape index (κ3) is 3.66. The Balaban J connectivity index is 2.20. The molecule has 0 amide bonds. The molecular weight excluding hydrogens is 325 g/mol. The molecule has 2 aromatic rings. The Bertz CT molecular complexity index is 607. The van der Waals surface area contributed by atoms with Crippen LogP contribution in [0.1, 0.15) is 18.9 Å². The first kappa shape index (κ1) is 14.7. The van der Waals surface area contributed by atoms with Crippen LogP contribution in [0.15, 0.2) is 28.9 Å². The smallest absolute Gasteiger partial charge is 0.238 e. The van der Waals surface area contributed by atoms with Crippen LogP contribution in [0, 0.1) is 12.7 Å². The molecule has 0 atom stereocenters. The lowest BCUT2D eigenvalue weighted by Crippen LogP contribution is -2.05. The van der Waals surface area contributed by atoms with Gasteiger partial charge in [0.05, 0.1) is 10.7 Å². The van der Waals surface area contributed by atoms with E-state index in [-0.39, 0.29) is 5.82 Å². The first-order chi connectivity index (χ1) is 9.60. The number of hydrogen-bond acceptors (Lipinski definition) is 4. The van der Waals surface area contributed by atoms with Crippen LogP contribution in [-0.4, -0.2) is 16.5 Å². The van der Waals surface area contributed by atoms with Crippen molar-refractivity contribution < 1.29 is 9.13 Å². The van der Waals surface area contributed by atoms with Crippen LogP contribution >= 0.6 is 15.9 Å². The van der Waals surface area contributed by atoms with E-state index < -0.39 is 0 Å². The maximum Gasteiger partial charge on any atom is 0.238 e. The Kier molecular flexibility index (Phi) is 4.89. The van der Waals surface area contributed by atoms with Crippen molar-refractivity contribution in [3.05, 3.63) is 40.2 Å². The second-order valence-electron chi connectivity index (χ2n) is 4.29. The largest absolute Gasteiger partial charge is 0.438 e. The molecule has 0 saturated carbocycles. The quantitative estimate of drug-likeness (QED) is 0.882. The fourth-order valence-corrected chi connectivity index (χ4v) is 1.77. The number of ether oxygens (including phenoxy) is 1. The van der Waals surface area contributed by atoms with E-state index in [9.17, 15) is 4.39 Å². The van der Waals surface area contributed by atoms with Crippen LogP contribution in [0.4, 0.5) is 10.3 Å². The van der Waals surface area contributed by atoms with E-state index in [1.165, 1.54) is 6.07 Å². The van der Waals surface area contributed by atoms with Crippen molar-refractivity contribution in [2.75, 3.05) is 11.9 Å². The zero-order valence-electron chi connectivity index (χ0n) is 11.3. The second kappa shape index (κ2) is 6.65. The van der Waals surface area contributed by atoms with Gasteiger partial charge in [0.15, 0.2) is 0 Å². The van der Waals surface area contributed by atoms with Crippen molar-refractivity contribution in [2.24, 2.45) is 0 Å². The Morgan fingerprint density at radius 1 is 1.40 bits per heavy atom. The molecule has 106 valence electrons. The number of halogens is 2. The highest BCUT2D eigenvalue weighted by molar-refractivity contribution is 9.10. The van der Waals surface area contributed by atoms with Crippen LogP contribution in [-0.2, 0) is 0 Å². The molecule has 1 heterocycles. The molecule has 0 bridgehead atoms. The summed E-state index contributed by atoms with van der Waals surface area (Å²) in [6, 6.07) is 4.70. The molecule has 0 unspecified atom stereocenters. The molecule has 0 radical (unpaired) electrons. The Morgan fingerprint density at radius 2 is 2.20 bits per heavy atom. The number of aromatic nitrogens is 2. The summed E-state index contributed by atoms with van der Waals surface area (Å²) in [4.78, 5) is 8.37. The zero-order valence-corrected chi connectivity index (χ0v) is 12.9. The van der Waals surface area contributed by atoms with E-state index in [0.29, 0.717) is 27.6 Å². The average molecular weight is 340 g/mol. The van der Waals surface area contributed by atoms with Gasteiger partial charge in [0.1, 0.15) is 11.6 Å². The summed E-state index contributed by atoms with van der Waals surface area (Å²) >= 11 is 3.32. The number of benzene rings is 1. The Morgan fingerprint density at radius 3 is 2.90 bits per heavy atom. The summed E-state index contributed by atoms with van der Waals surface area (Å²) in [5.41, 5.74) is 0.574. The first-order valence-electron chi connectivity index (χ1n) is 6.30. The van der Waals surface area contributed by atoms with Crippen LogP contribution in [0.3, 0.4) is 0 Å². The van der Waals surface area contributed by atoms with Crippen molar-refractivity contribution in [1.82, 2.24) is 9.97 Å². The van der Waals surface area contributed by atoms with Gasteiger partial charge in [0.25, 0.3) is 0 Å². The first-order valence-corrected chi connectivity index (χ1v) is 7.10. The number of hydrogen-bond donors (Lipinski definition) is 1. The highest BCUT2D eigenvalue weighted by atomic mass is 79.9. The fraction of sp³-hybridized carbons (Fsp3) is 0.286. The van der Waals surface area contributed by atoms with Crippen molar-refractivity contribution in [2.45, 2.75) is 20.3 Å². The summed E-state index contributed by atoms with van der Waals surface area (Å²) in [5.74, 6) is 0.922. The molecule has 0 spiro atoms. The van der Waals surface area contributed by atoms with Crippen molar-refractivity contribution in [1.29, 1.82) is 0 Å². The summed E-state index contributed by atoms with van der Waals surface area (Å²) in [7, 11) is 0. The van der Waals surface area contributed by atoms with Crippen LogP contribution in [0.5, 0.6) is 11.6 Å². The minimum Gasteiger partial charge on any atom is -0.438 e. The van der Waals surface area contributed by atoms with Crippen LogP contribution in [0.2, 0.25) is 0 Å². The minimum absolute atomic E-state index is 0.308. The third-order valence-corrected chi connectivity index (χ3v) is 3.15. The second-order valence-corrected chi connectivity index (χ2v) is 5.14. The predicted octanol–water partition coefficient (Wildman–Crippen LogP) is 4.30. The molecule has 0 fully saturated rings. The molecule has 0 aliphatic rings. The Labute approximate surface area is 125 Å². The standard InChI is InChI=1S/C14H15BrFN3O/c1-3-6-17-14-18-8-11(15)13(19-14)20-10-5-4-9(2)12(16)7-10/h4-5,7-8H,3,6H2,1-2H3,(H,17,18,19). The molecule has 1 aromatic carbocycles. The van der Waals surface area contributed by atoms with E-state index in [2.05, 4.69) is 38.1 Å². The van der Waals surface area contributed by atoms with Gasteiger partial charge in [-0.1, -0.05) is 13.0 Å². The van der Waals surface area contributed by atoms with Gasteiger partial charge in [0.2, 0.25) is 11.8 Å². The molecule has 4 nitrogen and oxygen atoms in total. The molecule has 0 aliphatic heterocycles. The van der Waals surface area contributed by atoms with Crippen molar-refractivity contribution in [3.8, 4) is 11.6 Å². The molecular formula is C14H15BrFN3O. The summed E-state index contributed by atoms with van der Waals surface area (Å²) in [5, 5.41) is 3.07. The normalized spacial score (nSPS) is 10.4. The monoisotopic (exact) mass is 339 g/mol. The van der Waals surface area contributed by atoms with E-state index in [1.807, 2.05) is 0 Å². The minimum atomic E-state index is -0.308.